The lowest BCUT2D eigenvalue weighted by Gasteiger charge is -2.19. The van der Waals surface area contributed by atoms with Crippen molar-refractivity contribution in [2.75, 3.05) is 26.4 Å². The molecule has 0 amide bonds. The quantitative estimate of drug-likeness (QED) is 0.0279. The van der Waals surface area contributed by atoms with Crippen molar-refractivity contribution in [2.45, 2.75) is 200 Å². The van der Waals surface area contributed by atoms with Gasteiger partial charge < -0.3 is 15.4 Å². The molecule has 0 heterocycles. The first kappa shape index (κ1) is 48.0. The van der Waals surface area contributed by atoms with Crippen molar-refractivity contribution in [1.29, 1.82) is 0 Å². The van der Waals surface area contributed by atoms with Crippen molar-refractivity contribution in [2.24, 2.45) is 11.7 Å². The van der Waals surface area contributed by atoms with Crippen molar-refractivity contribution in [3.8, 4) is 0 Å². The third-order valence-corrected chi connectivity index (χ3v) is 10.0. The number of hydrogen-bond donors (Lipinski definition) is 2. The van der Waals surface area contributed by atoms with Gasteiger partial charge in [0.25, 0.3) is 0 Å². The van der Waals surface area contributed by atoms with Crippen molar-refractivity contribution in [3.63, 3.8) is 0 Å². The molecule has 49 heavy (non-hydrogen) atoms. The standard InChI is InChI=1S/C40H78NO7P/c1-3-5-7-9-11-13-15-17-18-20-22-24-26-28-30-32-40(43)46-36-38(37-48-49(44,45)47-34-33-41)35-39(42)31-29-27-25-23-21-19-16-14-12-10-8-6-4-2/h17-18,38H,3-16,19-37,41H2,1-2H3,(H,44,45)/b18-17-/t38-/m1/s1. The molecule has 9 heteroatoms. The summed E-state index contributed by atoms with van der Waals surface area (Å²) in [5, 5.41) is 0. The van der Waals surface area contributed by atoms with Gasteiger partial charge in [-0.15, -0.1) is 0 Å². The number of Topliss-reactive ketones (excluding diaryl/α,β-unsaturated/α-hetero) is 1. The van der Waals surface area contributed by atoms with Crippen LogP contribution in [0.3, 0.4) is 0 Å². The lowest BCUT2D eigenvalue weighted by atomic mass is 9.99. The summed E-state index contributed by atoms with van der Waals surface area (Å²) >= 11 is 0. The molecule has 0 aromatic carbocycles. The number of hydrogen-bond acceptors (Lipinski definition) is 7. The number of rotatable bonds is 39. The van der Waals surface area contributed by atoms with Crippen molar-refractivity contribution in [1.82, 2.24) is 0 Å². The Labute approximate surface area is 302 Å². The normalized spacial score (nSPS) is 13.6. The van der Waals surface area contributed by atoms with E-state index < -0.39 is 13.7 Å². The van der Waals surface area contributed by atoms with E-state index >= 15 is 0 Å². The van der Waals surface area contributed by atoms with Gasteiger partial charge in [0.15, 0.2) is 0 Å². The molecule has 8 nitrogen and oxygen atoms in total. The molecule has 0 radical (unpaired) electrons. The summed E-state index contributed by atoms with van der Waals surface area (Å²) in [5.41, 5.74) is 5.36. The molecule has 0 spiro atoms. The highest BCUT2D eigenvalue weighted by Crippen LogP contribution is 2.43. The number of allylic oxidation sites excluding steroid dienone is 2. The fourth-order valence-corrected chi connectivity index (χ4v) is 6.77. The third kappa shape index (κ3) is 36.5. The van der Waals surface area contributed by atoms with E-state index in [-0.39, 0.29) is 44.5 Å². The molecule has 1 unspecified atom stereocenters. The zero-order valence-electron chi connectivity index (χ0n) is 32.0. The van der Waals surface area contributed by atoms with Crippen LogP contribution in [-0.4, -0.2) is 43.0 Å². The molecule has 2 atom stereocenters. The molecular weight excluding hydrogens is 637 g/mol. The average Bonchev–Trinajstić information content (AvgIpc) is 3.08. The highest BCUT2D eigenvalue weighted by molar-refractivity contribution is 7.47. The van der Waals surface area contributed by atoms with E-state index in [1.807, 2.05) is 0 Å². The van der Waals surface area contributed by atoms with Crippen LogP contribution < -0.4 is 5.73 Å². The second-order valence-corrected chi connectivity index (χ2v) is 15.5. The maximum atomic E-state index is 12.7. The number of ether oxygens (including phenoxy) is 1. The first-order valence-corrected chi connectivity index (χ1v) is 22.0. The minimum absolute atomic E-state index is 0.0227. The molecule has 0 rings (SSSR count). The predicted molar refractivity (Wildman–Crippen MR) is 205 cm³/mol. The van der Waals surface area contributed by atoms with E-state index in [9.17, 15) is 19.0 Å². The average molecular weight is 716 g/mol. The van der Waals surface area contributed by atoms with Gasteiger partial charge in [0.2, 0.25) is 0 Å². The fraction of sp³-hybridized carbons (Fsp3) is 0.900. The molecule has 3 N–H and O–H groups in total. The van der Waals surface area contributed by atoms with Gasteiger partial charge in [0, 0.05) is 31.7 Å². The predicted octanol–water partition coefficient (Wildman–Crippen LogP) is 11.7. The molecule has 0 aromatic heterocycles. The molecule has 0 aliphatic heterocycles. The second-order valence-electron chi connectivity index (χ2n) is 14.0. The SMILES string of the molecule is CCCCCCCC/C=C\CCCCCCCC(=O)OC[C@H](COP(=O)(O)OCCN)CC(=O)CCCCCCCCCCCCCCC. The molecule has 0 saturated carbocycles. The minimum atomic E-state index is -4.29. The summed E-state index contributed by atoms with van der Waals surface area (Å²) in [7, 11) is -4.29. The van der Waals surface area contributed by atoms with Gasteiger partial charge in [-0.05, 0) is 38.5 Å². The Bertz CT molecular complexity index is 822. The molecule has 0 saturated heterocycles. The Morgan fingerprint density at radius 3 is 1.51 bits per heavy atom. The smallest absolute Gasteiger partial charge is 0.465 e. The van der Waals surface area contributed by atoms with E-state index in [2.05, 4.69) is 26.0 Å². The third-order valence-electron chi connectivity index (χ3n) is 9.04. The van der Waals surface area contributed by atoms with Crippen LogP contribution in [0.2, 0.25) is 0 Å². The number of phosphoric ester groups is 1. The van der Waals surface area contributed by atoms with E-state index in [1.54, 1.807) is 0 Å². The summed E-state index contributed by atoms with van der Waals surface area (Å²) in [5.74, 6) is -0.756. The van der Waals surface area contributed by atoms with Crippen molar-refractivity contribution < 1.29 is 32.8 Å². The largest absolute Gasteiger partial charge is 0.472 e. The Balaban J connectivity index is 4.18. The van der Waals surface area contributed by atoms with Crippen LogP contribution >= 0.6 is 7.82 Å². The van der Waals surface area contributed by atoms with Crippen LogP contribution in [0.25, 0.3) is 0 Å². The monoisotopic (exact) mass is 716 g/mol. The molecular formula is C40H78NO7P. The van der Waals surface area contributed by atoms with Crippen LogP contribution in [0.1, 0.15) is 200 Å². The first-order valence-electron chi connectivity index (χ1n) is 20.5. The number of esters is 1. The Morgan fingerprint density at radius 2 is 1.04 bits per heavy atom. The maximum absolute atomic E-state index is 12.7. The van der Waals surface area contributed by atoms with Gasteiger partial charge >= 0.3 is 13.8 Å². The molecule has 0 aliphatic carbocycles. The fourth-order valence-electron chi connectivity index (χ4n) is 5.96. The Hall–Kier alpha value is -1.05. The molecule has 0 aliphatic rings. The van der Waals surface area contributed by atoms with E-state index in [0.29, 0.717) is 12.8 Å². The molecule has 0 fully saturated rings. The van der Waals surface area contributed by atoms with Gasteiger partial charge in [-0.25, -0.2) is 4.57 Å². The van der Waals surface area contributed by atoms with Gasteiger partial charge in [-0.3, -0.25) is 18.6 Å². The van der Waals surface area contributed by atoms with Crippen LogP contribution in [0.4, 0.5) is 0 Å². The van der Waals surface area contributed by atoms with E-state index in [4.69, 9.17) is 19.5 Å². The number of nitrogens with two attached hydrogens (primary N) is 1. The van der Waals surface area contributed by atoms with Gasteiger partial charge in [0.05, 0.1) is 19.8 Å². The summed E-state index contributed by atoms with van der Waals surface area (Å²) < 4.78 is 27.6. The highest BCUT2D eigenvalue weighted by Gasteiger charge is 2.25. The Morgan fingerprint density at radius 1 is 0.612 bits per heavy atom. The zero-order valence-corrected chi connectivity index (χ0v) is 32.9. The Kier molecular flexibility index (Phi) is 35.9. The molecule has 0 bridgehead atoms. The van der Waals surface area contributed by atoms with Crippen LogP contribution in [0, 0.1) is 5.92 Å². The summed E-state index contributed by atoms with van der Waals surface area (Å²) in [4.78, 5) is 35.1. The number of ketones is 1. The van der Waals surface area contributed by atoms with E-state index in [1.165, 1.54) is 116 Å². The summed E-state index contributed by atoms with van der Waals surface area (Å²) in [6, 6.07) is 0. The maximum Gasteiger partial charge on any atom is 0.472 e. The zero-order chi connectivity index (χ0) is 36.1. The minimum Gasteiger partial charge on any atom is -0.465 e. The van der Waals surface area contributed by atoms with Gasteiger partial charge in [-0.2, -0.15) is 0 Å². The van der Waals surface area contributed by atoms with Crippen LogP contribution in [-0.2, 0) is 27.9 Å². The van der Waals surface area contributed by atoms with Gasteiger partial charge in [-0.1, -0.05) is 154 Å². The summed E-state index contributed by atoms with van der Waals surface area (Å²) in [6.07, 6.45) is 37.3. The topological polar surface area (TPSA) is 125 Å². The molecule has 0 aromatic rings. The lowest BCUT2D eigenvalue weighted by molar-refractivity contribution is -0.146. The molecule has 290 valence electrons. The number of phosphoric acid groups is 1. The van der Waals surface area contributed by atoms with Crippen LogP contribution in [0.15, 0.2) is 12.2 Å². The first-order chi connectivity index (χ1) is 23.8. The highest BCUT2D eigenvalue weighted by atomic mass is 31.2. The number of carbonyl (C=O) groups excluding carboxylic acids is 2. The van der Waals surface area contributed by atoms with Crippen molar-refractivity contribution >= 4 is 19.6 Å². The van der Waals surface area contributed by atoms with Crippen LogP contribution in [0.5, 0.6) is 0 Å². The van der Waals surface area contributed by atoms with Gasteiger partial charge in [0.1, 0.15) is 5.78 Å². The summed E-state index contributed by atoms with van der Waals surface area (Å²) in [6.45, 7) is 4.25. The second kappa shape index (κ2) is 36.7. The van der Waals surface area contributed by atoms with E-state index in [0.717, 1.165) is 51.4 Å². The number of unbranched alkanes of at least 4 members (excludes halogenated alkanes) is 23. The lowest BCUT2D eigenvalue weighted by Crippen LogP contribution is -2.22. The number of carbonyl (C=O) groups is 2. The van der Waals surface area contributed by atoms with Crippen molar-refractivity contribution in [3.05, 3.63) is 12.2 Å².